The number of benzene rings is 2. The van der Waals surface area contributed by atoms with E-state index in [1.165, 1.54) is 11.3 Å². The fourth-order valence-corrected chi connectivity index (χ4v) is 3.58. The van der Waals surface area contributed by atoms with Crippen molar-refractivity contribution >= 4 is 44.8 Å². The summed E-state index contributed by atoms with van der Waals surface area (Å²) in [4.78, 5) is 8.74. The molecule has 0 aliphatic heterocycles. The van der Waals surface area contributed by atoms with Crippen molar-refractivity contribution in [3.8, 4) is 22.6 Å². The van der Waals surface area contributed by atoms with E-state index in [1.54, 1.807) is 6.20 Å². The van der Waals surface area contributed by atoms with Gasteiger partial charge in [-0.05, 0) is 61.4 Å². The van der Waals surface area contributed by atoms with Gasteiger partial charge in [0.2, 0.25) is 5.88 Å². The molecule has 0 saturated heterocycles. The molecule has 2 aromatic heterocycles. The van der Waals surface area contributed by atoms with Crippen LogP contribution in [-0.4, -0.2) is 9.97 Å². The largest absolute Gasteiger partial charge is 0.439 e. The Kier molecular flexibility index (Phi) is 5.22. The molecule has 0 amide bonds. The maximum atomic E-state index is 6.18. The number of halogens is 1. The summed E-state index contributed by atoms with van der Waals surface area (Å²) >= 11 is 3.68. The van der Waals surface area contributed by atoms with Gasteiger partial charge in [0.15, 0.2) is 0 Å². The van der Waals surface area contributed by atoms with Crippen molar-refractivity contribution in [3.63, 3.8) is 0 Å². The summed E-state index contributed by atoms with van der Waals surface area (Å²) < 4.78 is 11.3. The molecule has 0 fully saturated rings. The zero-order valence-electron chi connectivity index (χ0n) is 15.3. The van der Waals surface area contributed by atoms with Crippen molar-refractivity contribution < 1.29 is 9.47 Å². The van der Waals surface area contributed by atoms with Crippen LogP contribution in [-0.2, 0) is 3.55 Å². The molecule has 2 N–H and O–H groups in total. The number of aryl methyl sites for hydroxylation is 1. The van der Waals surface area contributed by atoms with Crippen LogP contribution < -0.4 is 15.2 Å². The van der Waals surface area contributed by atoms with Crippen LogP contribution in [0.3, 0.4) is 0 Å². The highest BCUT2D eigenvalue weighted by atomic mass is 127. The molecule has 5 nitrogen and oxygen atoms in total. The lowest BCUT2D eigenvalue weighted by Gasteiger charge is -2.17. The first-order valence-corrected chi connectivity index (χ1v) is 10.6. The van der Waals surface area contributed by atoms with Crippen molar-refractivity contribution in [2.24, 2.45) is 5.73 Å². The molecule has 1 atom stereocenters. The first-order valence-electron chi connectivity index (χ1n) is 8.63. The minimum Gasteiger partial charge on any atom is -0.439 e. The normalized spacial score (nSPS) is 13.3. The summed E-state index contributed by atoms with van der Waals surface area (Å²) in [5.41, 5.74) is 9.06. The molecule has 0 radical (unpaired) electrons. The number of pyridine rings is 1. The molecular weight excluding hydrogens is 485 g/mol. The third kappa shape index (κ3) is 4.26. The number of thiazole rings is 1. The number of nitrogens with two attached hydrogens (primary N) is 1. The van der Waals surface area contributed by atoms with Gasteiger partial charge in [0.25, 0.3) is 5.19 Å². The highest BCUT2D eigenvalue weighted by Crippen LogP contribution is 2.32. The summed E-state index contributed by atoms with van der Waals surface area (Å²) in [7, 11) is 0. The van der Waals surface area contributed by atoms with Crippen LogP contribution in [0.1, 0.15) is 18.1 Å². The third-order valence-electron chi connectivity index (χ3n) is 4.20. The van der Waals surface area contributed by atoms with Crippen LogP contribution in [0.15, 0.2) is 60.1 Å². The Morgan fingerprint density at radius 1 is 1.07 bits per heavy atom. The Morgan fingerprint density at radius 2 is 1.93 bits per heavy atom. The number of hydrogen-bond donors (Lipinski definition) is 1. The summed E-state index contributed by atoms with van der Waals surface area (Å²) in [5.74, 6) is 2.00. The molecule has 0 aliphatic rings. The lowest BCUT2D eigenvalue weighted by Crippen LogP contribution is -2.24. The third-order valence-corrected chi connectivity index (χ3v) is 5.47. The second-order valence-electron chi connectivity index (χ2n) is 6.56. The molecule has 2 heterocycles. The number of hydrogen-bond acceptors (Lipinski definition) is 6. The molecule has 4 aromatic rings. The van der Waals surface area contributed by atoms with Gasteiger partial charge in [0.1, 0.15) is 11.5 Å². The number of fused-ring (bicyclic) bond motifs is 1. The van der Waals surface area contributed by atoms with Gasteiger partial charge in [0, 0.05) is 23.0 Å². The second-order valence-corrected chi connectivity index (χ2v) is 9.66. The van der Waals surface area contributed by atoms with Gasteiger partial charge in [-0.15, -0.1) is 0 Å². The molecule has 4 rings (SSSR count). The number of ether oxygens (including phenoxy) is 2. The zero-order chi connectivity index (χ0) is 19.7. The Balaban J connectivity index is 1.55. The van der Waals surface area contributed by atoms with E-state index < -0.39 is 3.55 Å². The zero-order valence-corrected chi connectivity index (χ0v) is 18.3. The van der Waals surface area contributed by atoms with E-state index in [0.29, 0.717) is 11.1 Å². The molecule has 0 bridgehead atoms. The second kappa shape index (κ2) is 7.65. The minimum absolute atomic E-state index is 0.416. The van der Waals surface area contributed by atoms with Gasteiger partial charge in [0.05, 0.1) is 9.06 Å². The van der Waals surface area contributed by atoms with Crippen LogP contribution in [0.5, 0.6) is 22.6 Å². The first kappa shape index (κ1) is 19.1. The van der Waals surface area contributed by atoms with Crippen LogP contribution in [0.4, 0.5) is 0 Å². The maximum absolute atomic E-state index is 6.18. The summed E-state index contributed by atoms with van der Waals surface area (Å²) in [6.45, 7) is 3.95. The molecule has 2 aromatic carbocycles. The smallest absolute Gasteiger partial charge is 0.278 e. The molecule has 0 spiro atoms. The average molecular weight is 503 g/mol. The number of aromatic nitrogens is 2. The highest BCUT2D eigenvalue weighted by molar-refractivity contribution is 14.1. The highest BCUT2D eigenvalue weighted by Gasteiger charge is 2.16. The Labute approximate surface area is 180 Å². The average Bonchev–Trinajstić information content (AvgIpc) is 3.16. The van der Waals surface area contributed by atoms with Crippen LogP contribution in [0, 0.1) is 6.92 Å². The van der Waals surface area contributed by atoms with Crippen LogP contribution >= 0.6 is 33.9 Å². The lowest BCUT2D eigenvalue weighted by atomic mass is 10.1. The SMILES string of the molecule is Cc1cc(Oc2nccs2)ccc1Oc1ccc2cc(C(C)(N)I)ccc2n1. The molecule has 28 heavy (non-hydrogen) atoms. The van der Waals surface area contributed by atoms with E-state index in [2.05, 4.69) is 38.6 Å². The lowest BCUT2D eigenvalue weighted by molar-refractivity contribution is 0.454. The molecule has 7 heteroatoms. The Hall–Kier alpha value is -2.23. The molecule has 1 unspecified atom stereocenters. The van der Waals surface area contributed by atoms with Gasteiger partial charge in [-0.3, -0.25) is 0 Å². The van der Waals surface area contributed by atoms with Crippen LogP contribution in [0.25, 0.3) is 10.9 Å². The Morgan fingerprint density at radius 3 is 2.64 bits per heavy atom. The molecule has 0 saturated carbocycles. The Bertz CT molecular complexity index is 1120. The van der Waals surface area contributed by atoms with Crippen molar-refractivity contribution in [1.29, 1.82) is 0 Å². The van der Waals surface area contributed by atoms with E-state index in [4.69, 9.17) is 15.2 Å². The first-order chi connectivity index (χ1) is 13.4. The predicted molar refractivity (Wildman–Crippen MR) is 121 cm³/mol. The predicted octanol–water partition coefficient (Wildman–Crippen LogP) is 6.15. The topological polar surface area (TPSA) is 70.3 Å². The van der Waals surface area contributed by atoms with Gasteiger partial charge in [-0.25, -0.2) is 9.97 Å². The molecular formula is C21H18IN3O2S. The summed E-state index contributed by atoms with van der Waals surface area (Å²) in [5, 5.41) is 3.52. The number of nitrogens with zero attached hydrogens (tertiary/aromatic N) is 2. The molecule has 0 aliphatic carbocycles. The van der Waals surface area contributed by atoms with E-state index >= 15 is 0 Å². The summed E-state index contributed by atoms with van der Waals surface area (Å²) in [6, 6.07) is 15.6. The van der Waals surface area contributed by atoms with Crippen molar-refractivity contribution in [1.82, 2.24) is 9.97 Å². The number of alkyl halides is 1. The maximum Gasteiger partial charge on any atom is 0.278 e. The fraction of sp³-hybridized carbons (Fsp3) is 0.143. The van der Waals surface area contributed by atoms with E-state index in [1.807, 2.05) is 61.7 Å². The molecule has 142 valence electrons. The number of rotatable bonds is 5. The fourth-order valence-electron chi connectivity index (χ4n) is 2.74. The quantitative estimate of drug-likeness (QED) is 0.201. The van der Waals surface area contributed by atoms with Gasteiger partial charge in [-0.2, -0.15) is 0 Å². The monoisotopic (exact) mass is 503 g/mol. The standard InChI is InChI=1S/C21H18IN3O2S/c1-13-11-16(26-20-24-9-10-28-20)5-7-18(13)27-19-8-3-14-12-15(21(2,22)23)4-6-17(14)25-19/h3-12H,23H2,1-2H3. The van der Waals surface area contributed by atoms with Gasteiger partial charge >= 0.3 is 0 Å². The minimum atomic E-state index is -0.416. The van der Waals surface area contributed by atoms with Crippen molar-refractivity contribution in [2.45, 2.75) is 17.4 Å². The van der Waals surface area contributed by atoms with E-state index in [-0.39, 0.29) is 0 Å². The van der Waals surface area contributed by atoms with E-state index in [0.717, 1.165) is 33.5 Å². The van der Waals surface area contributed by atoms with Crippen molar-refractivity contribution in [2.75, 3.05) is 0 Å². The van der Waals surface area contributed by atoms with E-state index in [9.17, 15) is 0 Å². The van der Waals surface area contributed by atoms with Gasteiger partial charge in [-0.1, -0.05) is 40.0 Å². The van der Waals surface area contributed by atoms with Gasteiger partial charge < -0.3 is 15.2 Å². The van der Waals surface area contributed by atoms with Crippen molar-refractivity contribution in [3.05, 3.63) is 71.2 Å². The van der Waals surface area contributed by atoms with Crippen LogP contribution in [0.2, 0.25) is 0 Å². The summed E-state index contributed by atoms with van der Waals surface area (Å²) in [6.07, 6.45) is 1.72.